The number of nitrogens with zero attached hydrogens (tertiary/aromatic N) is 2. The monoisotopic (exact) mass is 167 g/mol. The Bertz CT molecular complexity index is 269. The molecule has 0 aromatic rings. The maximum atomic E-state index is 5.58. The van der Waals surface area contributed by atoms with E-state index in [0.717, 1.165) is 0 Å². The number of dihydropyridines is 1. The first-order valence-electron chi connectivity index (χ1n) is 3.44. The Labute approximate surface area is 69.5 Å². The molecule has 2 unspecified atom stereocenters. The Morgan fingerprint density at radius 3 is 3.27 bits per heavy atom. The molecule has 2 N–H and O–H groups in total. The fourth-order valence-electron chi connectivity index (χ4n) is 1.22. The zero-order valence-electron chi connectivity index (χ0n) is 6.19. The van der Waals surface area contributed by atoms with Crippen LogP contribution in [0.4, 0.5) is 0 Å². The van der Waals surface area contributed by atoms with Crippen molar-refractivity contribution in [2.75, 3.05) is 0 Å². The normalized spacial score (nSPS) is 40.5. The van der Waals surface area contributed by atoms with Crippen molar-refractivity contribution in [1.29, 1.82) is 0 Å². The van der Waals surface area contributed by atoms with E-state index in [-0.39, 0.29) is 10.9 Å². The highest BCUT2D eigenvalue weighted by Crippen LogP contribution is 2.39. The number of hydrogen-bond acceptors (Lipinski definition) is 4. The van der Waals surface area contributed by atoms with Crippen molar-refractivity contribution in [3.63, 3.8) is 0 Å². The number of thioether (sulfide) groups is 1. The third-order valence-corrected chi connectivity index (χ3v) is 2.93. The van der Waals surface area contributed by atoms with E-state index in [1.807, 2.05) is 6.08 Å². The average Bonchev–Trinajstić information content (AvgIpc) is 2.22. The van der Waals surface area contributed by atoms with Crippen LogP contribution >= 0.6 is 11.8 Å². The number of aliphatic imine (C=N–C) groups is 2. The lowest BCUT2D eigenvalue weighted by Gasteiger charge is -2.23. The van der Waals surface area contributed by atoms with E-state index in [1.54, 1.807) is 18.0 Å². The lowest BCUT2D eigenvalue weighted by atomic mass is 10.1. The fraction of sp³-hybridized carbons (Fsp3) is 0.429. The molecule has 2 atom stereocenters. The third kappa shape index (κ3) is 0.976. The highest BCUT2D eigenvalue weighted by molar-refractivity contribution is 8.15. The second-order valence-corrected chi connectivity index (χ2v) is 4.29. The Morgan fingerprint density at radius 2 is 2.55 bits per heavy atom. The first kappa shape index (κ1) is 6.91. The van der Waals surface area contributed by atoms with Crippen LogP contribution in [-0.2, 0) is 0 Å². The van der Waals surface area contributed by atoms with E-state index in [1.165, 1.54) is 0 Å². The number of hydrogen-bond donors (Lipinski definition) is 1. The van der Waals surface area contributed by atoms with Crippen molar-refractivity contribution in [2.24, 2.45) is 15.7 Å². The Hall–Kier alpha value is -0.770. The van der Waals surface area contributed by atoms with Gasteiger partial charge in [-0.2, -0.15) is 0 Å². The van der Waals surface area contributed by atoms with E-state index in [2.05, 4.69) is 23.0 Å². The lowest BCUT2D eigenvalue weighted by Crippen LogP contribution is -2.29. The van der Waals surface area contributed by atoms with Gasteiger partial charge < -0.3 is 5.73 Å². The van der Waals surface area contributed by atoms with Gasteiger partial charge in [0.1, 0.15) is 0 Å². The van der Waals surface area contributed by atoms with Crippen LogP contribution in [-0.4, -0.2) is 22.3 Å². The van der Waals surface area contributed by atoms with Crippen LogP contribution in [0.3, 0.4) is 0 Å². The number of nitrogens with two attached hydrogens (primary N) is 1. The summed E-state index contributed by atoms with van der Waals surface area (Å²) in [6, 6.07) is 0. The third-order valence-electron chi connectivity index (χ3n) is 1.83. The van der Waals surface area contributed by atoms with Crippen molar-refractivity contribution in [3.8, 4) is 0 Å². The number of fused-ring (bicyclic) bond motifs is 1. The molecule has 58 valence electrons. The largest absolute Gasteiger partial charge is 0.378 e. The van der Waals surface area contributed by atoms with E-state index in [0.29, 0.717) is 5.17 Å². The van der Waals surface area contributed by atoms with Gasteiger partial charge in [-0.05, 0) is 13.0 Å². The summed E-state index contributed by atoms with van der Waals surface area (Å²) in [7, 11) is 0. The summed E-state index contributed by atoms with van der Waals surface area (Å²) in [6.45, 7) is 2.10. The Balaban J connectivity index is 2.35. The van der Waals surface area contributed by atoms with Crippen LogP contribution < -0.4 is 5.73 Å². The number of amidine groups is 1. The molecule has 0 radical (unpaired) electrons. The van der Waals surface area contributed by atoms with E-state index in [4.69, 9.17) is 5.73 Å². The summed E-state index contributed by atoms with van der Waals surface area (Å²) >= 11 is 1.58. The van der Waals surface area contributed by atoms with Gasteiger partial charge in [0.2, 0.25) is 0 Å². The predicted molar refractivity (Wildman–Crippen MR) is 49.0 cm³/mol. The summed E-state index contributed by atoms with van der Waals surface area (Å²) in [6.07, 6.45) is 5.81. The molecular formula is C7H9N3S. The number of allylic oxidation sites excluding steroid dienone is 1. The minimum atomic E-state index is -0.0289. The lowest BCUT2D eigenvalue weighted by molar-refractivity contribution is 0.618. The maximum absolute atomic E-state index is 5.58. The van der Waals surface area contributed by atoms with Crippen molar-refractivity contribution in [3.05, 3.63) is 12.2 Å². The van der Waals surface area contributed by atoms with Crippen molar-refractivity contribution >= 4 is 23.1 Å². The molecule has 4 heteroatoms. The highest BCUT2D eigenvalue weighted by atomic mass is 32.2. The van der Waals surface area contributed by atoms with Gasteiger partial charge in [-0.15, -0.1) is 0 Å². The van der Waals surface area contributed by atoms with Crippen molar-refractivity contribution in [1.82, 2.24) is 0 Å². The van der Waals surface area contributed by atoms with Gasteiger partial charge in [-0.1, -0.05) is 17.8 Å². The van der Waals surface area contributed by atoms with Gasteiger partial charge in [-0.3, -0.25) is 4.99 Å². The van der Waals surface area contributed by atoms with Crippen LogP contribution in [0.15, 0.2) is 22.1 Å². The summed E-state index contributed by atoms with van der Waals surface area (Å²) in [5.74, 6) is 0. The van der Waals surface area contributed by atoms with E-state index >= 15 is 0 Å². The zero-order valence-corrected chi connectivity index (χ0v) is 7.01. The molecule has 0 aromatic heterocycles. The molecule has 2 heterocycles. The second-order valence-electron chi connectivity index (χ2n) is 2.78. The van der Waals surface area contributed by atoms with E-state index < -0.39 is 0 Å². The van der Waals surface area contributed by atoms with Gasteiger partial charge in [0.05, 0.1) is 4.75 Å². The highest BCUT2D eigenvalue weighted by Gasteiger charge is 2.39. The Kier molecular flexibility index (Phi) is 1.32. The maximum Gasteiger partial charge on any atom is 0.160 e. The van der Waals surface area contributed by atoms with Crippen LogP contribution in [0.25, 0.3) is 0 Å². The van der Waals surface area contributed by atoms with Gasteiger partial charge in [0.25, 0.3) is 0 Å². The standard InChI is InChI=1S/C7H9N3S/c1-7-3-2-4-9-5(7)10-6(8)11-7/h2-5H,1H3,(H2,8,10). The topological polar surface area (TPSA) is 50.7 Å². The van der Waals surface area contributed by atoms with Gasteiger partial charge in [0.15, 0.2) is 11.3 Å². The van der Waals surface area contributed by atoms with Crippen LogP contribution in [0.5, 0.6) is 0 Å². The molecule has 2 rings (SSSR count). The van der Waals surface area contributed by atoms with Gasteiger partial charge in [0, 0.05) is 6.21 Å². The van der Waals surface area contributed by atoms with Gasteiger partial charge >= 0.3 is 0 Å². The first-order valence-corrected chi connectivity index (χ1v) is 4.26. The fourth-order valence-corrected chi connectivity index (χ4v) is 2.19. The Morgan fingerprint density at radius 1 is 1.73 bits per heavy atom. The molecule has 11 heavy (non-hydrogen) atoms. The number of rotatable bonds is 0. The van der Waals surface area contributed by atoms with Crippen molar-refractivity contribution < 1.29 is 0 Å². The second kappa shape index (κ2) is 2.11. The average molecular weight is 167 g/mol. The molecule has 0 aliphatic carbocycles. The van der Waals surface area contributed by atoms with Crippen LogP contribution in [0.2, 0.25) is 0 Å². The summed E-state index contributed by atoms with van der Waals surface area (Å²) in [4.78, 5) is 8.40. The molecule has 3 nitrogen and oxygen atoms in total. The SMILES string of the molecule is CC12C=CC=NC1N=C(N)S2. The summed E-state index contributed by atoms with van der Waals surface area (Å²) in [5.41, 5.74) is 5.58. The molecular weight excluding hydrogens is 158 g/mol. The molecule has 0 amide bonds. The van der Waals surface area contributed by atoms with Gasteiger partial charge in [-0.25, -0.2) is 4.99 Å². The quantitative estimate of drug-likeness (QED) is 0.579. The zero-order chi connectivity index (χ0) is 7.90. The summed E-state index contributed by atoms with van der Waals surface area (Å²) < 4.78 is -0.0289. The smallest absolute Gasteiger partial charge is 0.160 e. The molecule has 0 saturated carbocycles. The summed E-state index contributed by atoms with van der Waals surface area (Å²) in [5, 5.41) is 0.640. The molecule has 0 aromatic carbocycles. The molecule has 2 aliphatic rings. The van der Waals surface area contributed by atoms with Crippen LogP contribution in [0, 0.1) is 0 Å². The predicted octanol–water partition coefficient (Wildman–Crippen LogP) is 0.773. The minimum Gasteiger partial charge on any atom is -0.378 e. The molecule has 0 saturated heterocycles. The van der Waals surface area contributed by atoms with E-state index in [9.17, 15) is 0 Å². The van der Waals surface area contributed by atoms with Crippen LogP contribution in [0.1, 0.15) is 6.92 Å². The molecule has 0 fully saturated rings. The first-order chi connectivity index (χ1) is 5.21. The van der Waals surface area contributed by atoms with Crippen molar-refractivity contribution in [2.45, 2.75) is 17.8 Å². The molecule has 0 spiro atoms. The molecule has 2 aliphatic heterocycles. The minimum absolute atomic E-state index is 0.00231. The molecule has 0 bridgehead atoms.